The summed E-state index contributed by atoms with van der Waals surface area (Å²) >= 11 is 0. The largest absolute Gasteiger partial charge is 0.354 e. The van der Waals surface area contributed by atoms with E-state index in [1.54, 1.807) is 35.2 Å². The minimum absolute atomic E-state index is 0.0926. The third-order valence-corrected chi connectivity index (χ3v) is 7.19. The molecule has 2 fully saturated rings. The van der Waals surface area contributed by atoms with Crippen LogP contribution in [0.3, 0.4) is 0 Å². The topological polar surface area (TPSA) is 86.8 Å². The van der Waals surface area contributed by atoms with Crippen LogP contribution in [0.1, 0.15) is 32.1 Å². The maximum atomic E-state index is 12.9. The fourth-order valence-electron chi connectivity index (χ4n) is 3.42. The van der Waals surface area contributed by atoms with Crippen LogP contribution in [0.4, 0.5) is 0 Å². The normalized spacial score (nSPS) is 21.0. The lowest BCUT2D eigenvalue weighted by Gasteiger charge is -2.32. The van der Waals surface area contributed by atoms with Gasteiger partial charge < -0.3 is 10.2 Å². The van der Waals surface area contributed by atoms with Crippen molar-refractivity contribution < 1.29 is 18.0 Å². The highest BCUT2D eigenvalue weighted by atomic mass is 32.2. The lowest BCUT2D eigenvalue weighted by atomic mass is 9.84. The maximum Gasteiger partial charge on any atom is 0.243 e. The summed E-state index contributed by atoms with van der Waals surface area (Å²) in [6, 6.07) is 8.26. The highest BCUT2D eigenvalue weighted by Gasteiger charge is 2.30. The van der Waals surface area contributed by atoms with Gasteiger partial charge in [0.2, 0.25) is 21.8 Å². The van der Waals surface area contributed by atoms with Crippen molar-refractivity contribution in [2.24, 2.45) is 5.92 Å². The Labute approximate surface area is 160 Å². The number of nitrogens with zero attached hydrogens (tertiary/aromatic N) is 2. The number of nitrogens with one attached hydrogen (secondary N) is 1. The zero-order chi connectivity index (χ0) is 19.3. The molecule has 3 rings (SSSR count). The van der Waals surface area contributed by atoms with Gasteiger partial charge in [0.15, 0.2) is 0 Å². The summed E-state index contributed by atoms with van der Waals surface area (Å²) in [5, 5.41) is 2.80. The molecule has 8 heteroatoms. The first kappa shape index (κ1) is 19.8. The van der Waals surface area contributed by atoms with E-state index in [4.69, 9.17) is 0 Å². The number of benzene rings is 1. The number of carbonyl (C=O) groups is 2. The van der Waals surface area contributed by atoms with Crippen LogP contribution in [0.25, 0.3) is 0 Å². The smallest absolute Gasteiger partial charge is 0.243 e. The van der Waals surface area contributed by atoms with Crippen LogP contribution in [-0.4, -0.2) is 62.2 Å². The Kier molecular flexibility index (Phi) is 6.49. The number of amides is 2. The molecule has 7 nitrogen and oxygen atoms in total. The second kappa shape index (κ2) is 8.84. The molecule has 27 heavy (non-hydrogen) atoms. The van der Waals surface area contributed by atoms with Crippen LogP contribution >= 0.6 is 0 Å². The zero-order valence-corrected chi connectivity index (χ0v) is 16.3. The van der Waals surface area contributed by atoms with E-state index in [0.717, 1.165) is 19.3 Å². The molecule has 0 atom stereocenters. The molecule has 1 aliphatic heterocycles. The Morgan fingerprint density at radius 2 is 1.74 bits per heavy atom. The molecular formula is C19H27N3O4S. The van der Waals surface area contributed by atoms with Crippen molar-refractivity contribution in [2.75, 3.05) is 32.7 Å². The molecule has 148 valence electrons. The predicted octanol–water partition coefficient (Wildman–Crippen LogP) is 1.22. The van der Waals surface area contributed by atoms with Gasteiger partial charge in [-0.15, -0.1) is 0 Å². The van der Waals surface area contributed by atoms with Crippen molar-refractivity contribution in [2.45, 2.75) is 37.0 Å². The van der Waals surface area contributed by atoms with E-state index < -0.39 is 10.0 Å². The number of hydrogen-bond donors (Lipinski definition) is 1. The molecular weight excluding hydrogens is 366 g/mol. The third kappa shape index (κ3) is 4.87. The monoisotopic (exact) mass is 393 g/mol. The van der Waals surface area contributed by atoms with Crippen LogP contribution in [0.5, 0.6) is 0 Å². The van der Waals surface area contributed by atoms with Crippen molar-refractivity contribution in [1.82, 2.24) is 14.5 Å². The van der Waals surface area contributed by atoms with Gasteiger partial charge in [0.25, 0.3) is 0 Å². The summed E-state index contributed by atoms with van der Waals surface area (Å²) in [7, 11) is -3.66. The fraction of sp³-hybridized carbons (Fsp3) is 0.579. The molecule has 2 amide bonds. The van der Waals surface area contributed by atoms with E-state index in [-0.39, 0.29) is 35.6 Å². The third-order valence-electron chi connectivity index (χ3n) is 5.27. The Bertz CT molecular complexity index is 762. The number of sulfonamides is 1. The first-order valence-electron chi connectivity index (χ1n) is 9.59. The van der Waals surface area contributed by atoms with E-state index in [0.29, 0.717) is 32.6 Å². The van der Waals surface area contributed by atoms with E-state index in [1.165, 1.54) is 4.31 Å². The summed E-state index contributed by atoms with van der Waals surface area (Å²) in [4.78, 5) is 26.7. The first-order chi connectivity index (χ1) is 13.0. The number of hydrogen-bond acceptors (Lipinski definition) is 4. The molecule has 1 N–H and O–H groups in total. The Balaban J connectivity index is 1.73. The Morgan fingerprint density at radius 1 is 1.00 bits per heavy atom. The molecule has 0 spiro atoms. The number of rotatable bonds is 3. The van der Waals surface area contributed by atoms with Gasteiger partial charge in [-0.05, 0) is 31.4 Å². The predicted molar refractivity (Wildman–Crippen MR) is 101 cm³/mol. The number of carbonyl (C=O) groups excluding carboxylic acids is 2. The quantitative estimate of drug-likeness (QED) is 0.836. The molecule has 0 aromatic heterocycles. The average Bonchev–Trinajstić information content (AvgIpc) is 2.65. The minimum Gasteiger partial charge on any atom is -0.354 e. The van der Waals surface area contributed by atoms with Gasteiger partial charge in [0, 0.05) is 45.1 Å². The minimum atomic E-state index is -3.66. The van der Waals surface area contributed by atoms with Gasteiger partial charge >= 0.3 is 0 Å². The maximum absolute atomic E-state index is 12.9. The first-order valence-corrected chi connectivity index (χ1v) is 11.0. The second-order valence-electron chi connectivity index (χ2n) is 7.12. The van der Waals surface area contributed by atoms with Crippen LogP contribution in [0.2, 0.25) is 0 Å². The molecule has 1 saturated carbocycles. The molecule has 0 radical (unpaired) electrons. The van der Waals surface area contributed by atoms with Crippen molar-refractivity contribution in [3.63, 3.8) is 0 Å². The summed E-state index contributed by atoms with van der Waals surface area (Å²) in [5.74, 6) is 0.0309. The molecule has 1 saturated heterocycles. The average molecular weight is 394 g/mol. The highest BCUT2D eigenvalue weighted by Crippen LogP contribution is 2.28. The van der Waals surface area contributed by atoms with Gasteiger partial charge in [-0.1, -0.05) is 24.6 Å². The Hall–Kier alpha value is -1.93. The molecule has 2 aliphatic rings. The Morgan fingerprint density at radius 3 is 2.41 bits per heavy atom. The zero-order valence-electron chi connectivity index (χ0n) is 15.5. The van der Waals surface area contributed by atoms with Crippen LogP contribution in [0, 0.1) is 5.92 Å². The van der Waals surface area contributed by atoms with Crippen LogP contribution < -0.4 is 5.32 Å². The van der Waals surface area contributed by atoms with Gasteiger partial charge in [-0.3, -0.25) is 9.59 Å². The lowest BCUT2D eigenvalue weighted by Crippen LogP contribution is -2.43. The second-order valence-corrected chi connectivity index (χ2v) is 9.06. The molecule has 1 aromatic rings. The van der Waals surface area contributed by atoms with Crippen molar-refractivity contribution in [3.05, 3.63) is 30.3 Å². The van der Waals surface area contributed by atoms with E-state index in [2.05, 4.69) is 5.32 Å². The van der Waals surface area contributed by atoms with E-state index in [9.17, 15) is 18.0 Å². The van der Waals surface area contributed by atoms with Gasteiger partial charge in [0.05, 0.1) is 4.90 Å². The van der Waals surface area contributed by atoms with E-state index in [1.807, 2.05) is 0 Å². The van der Waals surface area contributed by atoms with Crippen molar-refractivity contribution in [1.29, 1.82) is 0 Å². The standard InChI is InChI=1S/C19H27N3O4S/c23-18-10-14-22(27(25,26)17-8-2-1-3-9-17)13-5-12-21(15-11-20-18)19(24)16-6-4-7-16/h1-3,8-9,16H,4-7,10-15H2,(H,20,23). The molecule has 0 unspecified atom stereocenters. The lowest BCUT2D eigenvalue weighted by molar-refractivity contribution is -0.138. The SMILES string of the molecule is O=C1CCN(S(=O)(=O)c2ccccc2)CCCN(C(=O)C2CCC2)CCN1. The van der Waals surface area contributed by atoms with Crippen molar-refractivity contribution in [3.8, 4) is 0 Å². The molecule has 1 aromatic carbocycles. The van der Waals surface area contributed by atoms with Crippen molar-refractivity contribution >= 4 is 21.8 Å². The van der Waals surface area contributed by atoms with Crippen LogP contribution in [-0.2, 0) is 19.6 Å². The molecule has 1 aliphatic carbocycles. The van der Waals surface area contributed by atoms with Gasteiger partial charge in [-0.2, -0.15) is 4.31 Å². The summed E-state index contributed by atoms with van der Waals surface area (Å²) in [6.07, 6.45) is 3.61. The summed E-state index contributed by atoms with van der Waals surface area (Å²) in [5.41, 5.74) is 0. The summed E-state index contributed by atoms with van der Waals surface area (Å²) in [6.45, 7) is 1.82. The molecule has 1 heterocycles. The summed E-state index contributed by atoms with van der Waals surface area (Å²) < 4.78 is 27.2. The fourth-order valence-corrected chi connectivity index (χ4v) is 4.92. The van der Waals surface area contributed by atoms with E-state index >= 15 is 0 Å². The van der Waals surface area contributed by atoms with Gasteiger partial charge in [0.1, 0.15) is 0 Å². The molecule has 0 bridgehead atoms. The van der Waals surface area contributed by atoms with Crippen LogP contribution in [0.15, 0.2) is 35.2 Å². The highest BCUT2D eigenvalue weighted by molar-refractivity contribution is 7.89. The van der Waals surface area contributed by atoms with Gasteiger partial charge in [-0.25, -0.2) is 8.42 Å².